The van der Waals surface area contributed by atoms with Gasteiger partial charge in [0.25, 0.3) is 5.91 Å². The first-order valence-electron chi connectivity index (χ1n) is 11.6. The van der Waals surface area contributed by atoms with Gasteiger partial charge in [-0.05, 0) is 29.7 Å². The van der Waals surface area contributed by atoms with Crippen LogP contribution in [0.15, 0.2) is 30.1 Å². The number of aromatic nitrogens is 2. The van der Waals surface area contributed by atoms with Gasteiger partial charge in [-0.25, -0.2) is 5.43 Å². The van der Waals surface area contributed by atoms with Crippen molar-refractivity contribution in [1.82, 2.24) is 30.4 Å². The summed E-state index contributed by atoms with van der Waals surface area (Å²) in [6, 6.07) is 4.11. The molecular weight excluding hydrogens is 454 g/mol. The van der Waals surface area contributed by atoms with Crippen LogP contribution in [0.2, 0.25) is 5.02 Å². The molecule has 0 saturated carbocycles. The number of anilines is 1. The summed E-state index contributed by atoms with van der Waals surface area (Å²) in [7, 11) is 3.61. The van der Waals surface area contributed by atoms with Crippen LogP contribution in [0.1, 0.15) is 27.9 Å². The molecule has 1 spiro atoms. The van der Waals surface area contributed by atoms with Crippen molar-refractivity contribution < 1.29 is 9.59 Å². The summed E-state index contributed by atoms with van der Waals surface area (Å²) in [6.45, 7) is 5.27. The fourth-order valence-electron chi connectivity index (χ4n) is 5.83. The first kappa shape index (κ1) is 21.6. The number of hydrogen-bond donors (Lipinski definition) is 2. The minimum absolute atomic E-state index is 0.0722. The van der Waals surface area contributed by atoms with E-state index in [2.05, 4.69) is 26.9 Å². The Morgan fingerprint density at radius 3 is 2.71 bits per heavy atom. The maximum Gasteiger partial charge on any atom is 0.257 e. The molecule has 5 heterocycles. The first-order valence-corrected chi connectivity index (χ1v) is 12.0. The summed E-state index contributed by atoms with van der Waals surface area (Å²) in [5.41, 5.74) is 12.8. The summed E-state index contributed by atoms with van der Waals surface area (Å²) in [4.78, 5) is 30.7. The predicted octanol–water partition coefficient (Wildman–Crippen LogP) is 1.26. The zero-order valence-corrected chi connectivity index (χ0v) is 20.2. The molecule has 4 aliphatic rings. The lowest BCUT2D eigenvalue weighted by molar-refractivity contribution is -0.118. The van der Waals surface area contributed by atoms with E-state index in [1.54, 1.807) is 29.0 Å². The summed E-state index contributed by atoms with van der Waals surface area (Å²) >= 11 is 6.61. The number of carbonyl (C=O) groups excluding carboxylic acids is 2. The maximum absolute atomic E-state index is 12.6. The van der Waals surface area contributed by atoms with E-state index in [1.807, 2.05) is 18.0 Å². The monoisotopic (exact) mass is 481 g/mol. The van der Waals surface area contributed by atoms with Gasteiger partial charge in [0.1, 0.15) is 0 Å². The largest absolute Gasteiger partial charge is 0.337 e. The molecule has 0 unspecified atom stereocenters. The number of nitrogens with zero attached hydrogens (tertiary/aromatic N) is 5. The molecule has 4 aliphatic heterocycles. The summed E-state index contributed by atoms with van der Waals surface area (Å²) in [5.74, 6) is 0.175. The van der Waals surface area contributed by atoms with E-state index in [0.29, 0.717) is 23.4 Å². The fourth-order valence-corrected chi connectivity index (χ4v) is 6.20. The number of fused-ring (bicyclic) bond motifs is 1. The molecule has 9 nitrogen and oxygen atoms in total. The van der Waals surface area contributed by atoms with E-state index >= 15 is 0 Å². The fraction of sp³-hybridized carbons (Fsp3) is 0.458. The number of benzene rings is 1. The van der Waals surface area contributed by atoms with Crippen molar-refractivity contribution in [3.63, 3.8) is 0 Å². The number of amides is 2. The quantitative estimate of drug-likeness (QED) is 0.684. The van der Waals surface area contributed by atoms with E-state index in [1.165, 1.54) is 5.57 Å². The highest BCUT2D eigenvalue weighted by Crippen LogP contribution is 2.41. The number of rotatable bonds is 4. The highest BCUT2D eigenvalue weighted by atomic mass is 35.5. The molecular formula is C24H28ClN7O2. The summed E-state index contributed by atoms with van der Waals surface area (Å²) in [6.07, 6.45) is 4.64. The smallest absolute Gasteiger partial charge is 0.257 e. The van der Waals surface area contributed by atoms with E-state index in [-0.39, 0.29) is 17.2 Å². The molecule has 34 heavy (non-hydrogen) atoms. The second-order valence-electron chi connectivity index (χ2n) is 10.1. The van der Waals surface area contributed by atoms with Gasteiger partial charge in [-0.1, -0.05) is 11.6 Å². The second kappa shape index (κ2) is 7.83. The molecule has 10 heteroatoms. The summed E-state index contributed by atoms with van der Waals surface area (Å²) < 4.78 is 1.66. The molecule has 0 radical (unpaired) electrons. The third kappa shape index (κ3) is 3.50. The Labute approximate surface area is 203 Å². The third-order valence-corrected chi connectivity index (χ3v) is 7.73. The number of hydrazine groups is 1. The second-order valence-corrected chi connectivity index (χ2v) is 10.5. The minimum Gasteiger partial charge on any atom is -0.337 e. The highest BCUT2D eigenvalue weighted by molar-refractivity contribution is 6.34. The molecule has 0 bridgehead atoms. The lowest BCUT2D eigenvalue weighted by Gasteiger charge is -2.60. The van der Waals surface area contributed by atoms with Crippen LogP contribution in [0.3, 0.4) is 0 Å². The average molecular weight is 482 g/mol. The zero-order valence-electron chi connectivity index (χ0n) is 19.4. The number of aryl methyl sites for hydroxylation is 2. The van der Waals surface area contributed by atoms with Crippen molar-refractivity contribution in [1.29, 1.82) is 0 Å². The molecule has 178 valence electrons. The Morgan fingerprint density at radius 2 is 1.97 bits per heavy atom. The lowest BCUT2D eigenvalue weighted by Crippen LogP contribution is -2.72. The van der Waals surface area contributed by atoms with Gasteiger partial charge in [0.15, 0.2) is 0 Å². The lowest BCUT2D eigenvalue weighted by atomic mass is 9.72. The maximum atomic E-state index is 12.6. The van der Waals surface area contributed by atoms with E-state index in [4.69, 9.17) is 11.6 Å². The third-order valence-electron chi connectivity index (χ3n) is 7.44. The minimum atomic E-state index is 0.0722. The van der Waals surface area contributed by atoms with Gasteiger partial charge in [-0.2, -0.15) is 5.10 Å². The van der Waals surface area contributed by atoms with Crippen LogP contribution >= 0.6 is 11.6 Å². The van der Waals surface area contributed by atoms with E-state index < -0.39 is 0 Å². The molecule has 1 aromatic carbocycles. The Kier molecular flexibility index (Phi) is 4.98. The Morgan fingerprint density at radius 1 is 1.18 bits per heavy atom. The van der Waals surface area contributed by atoms with Gasteiger partial charge < -0.3 is 15.2 Å². The van der Waals surface area contributed by atoms with Crippen LogP contribution in [0.4, 0.5) is 5.69 Å². The topological polar surface area (TPSA) is 85.7 Å². The molecule has 2 fully saturated rings. The van der Waals surface area contributed by atoms with E-state index in [0.717, 1.165) is 61.8 Å². The molecule has 2 aromatic rings. The number of nitrogens with one attached hydrogen (secondary N) is 2. The van der Waals surface area contributed by atoms with Gasteiger partial charge in [0.2, 0.25) is 5.91 Å². The van der Waals surface area contributed by atoms with Crippen molar-refractivity contribution >= 4 is 34.8 Å². The number of likely N-dealkylation sites (tertiary alicyclic amines) is 2. The normalized spacial score (nSPS) is 21.4. The van der Waals surface area contributed by atoms with Crippen LogP contribution in [0.25, 0.3) is 5.70 Å². The van der Waals surface area contributed by atoms with Crippen molar-refractivity contribution in [2.45, 2.75) is 12.8 Å². The molecule has 2 amide bonds. The highest BCUT2D eigenvalue weighted by Gasteiger charge is 2.53. The molecule has 2 N–H and O–H groups in total. The van der Waals surface area contributed by atoms with Gasteiger partial charge >= 0.3 is 0 Å². The van der Waals surface area contributed by atoms with E-state index in [9.17, 15) is 9.59 Å². The van der Waals surface area contributed by atoms with Gasteiger partial charge in [0.05, 0.1) is 28.2 Å². The van der Waals surface area contributed by atoms with Crippen molar-refractivity contribution in [2.24, 2.45) is 12.5 Å². The van der Waals surface area contributed by atoms with Gasteiger partial charge in [-0.3, -0.25) is 19.2 Å². The van der Waals surface area contributed by atoms with Crippen molar-refractivity contribution in [3.8, 4) is 0 Å². The summed E-state index contributed by atoms with van der Waals surface area (Å²) in [5, 5.41) is 4.72. The van der Waals surface area contributed by atoms with Crippen molar-refractivity contribution in [3.05, 3.63) is 51.8 Å². The molecule has 2 saturated heterocycles. The Bertz CT molecular complexity index is 1220. The molecule has 0 atom stereocenters. The molecule has 0 aliphatic carbocycles. The van der Waals surface area contributed by atoms with Crippen molar-refractivity contribution in [2.75, 3.05) is 51.2 Å². The zero-order chi connectivity index (χ0) is 23.6. The van der Waals surface area contributed by atoms with Crippen LogP contribution in [0, 0.1) is 5.41 Å². The van der Waals surface area contributed by atoms with Crippen LogP contribution in [0.5, 0.6) is 0 Å². The number of carbonyl (C=O) groups is 2. The first-order chi connectivity index (χ1) is 16.3. The van der Waals surface area contributed by atoms with Gasteiger partial charge in [-0.15, -0.1) is 0 Å². The van der Waals surface area contributed by atoms with Gasteiger partial charge in [0, 0.05) is 77.0 Å². The van der Waals surface area contributed by atoms with Crippen LogP contribution in [-0.4, -0.2) is 77.7 Å². The number of halogens is 1. The average Bonchev–Trinajstić information content (AvgIpc) is 3.39. The SMILES string of the molecule is CN1C(=O)CCc2cc(C3=C(CN4CC5(C4)CN(C(=O)c4cnn(C)c4)C5)CNN3)cc(Cl)c21. The Balaban J connectivity index is 1.11. The molecule has 6 rings (SSSR count). The molecule has 1 aromatic heterocycles. The van der Waals surface area contributed by atoms with Crippen LogP contribution in [-0.2, 0) is 18.3 Å². The standard InChI is InChI=1S/C24H28ClN7O2/c1-29-9-18(8-27-29)23(34)32-13-24(14-32)11-31(12-24)10-17-7-26-28-21(17)16-5-15-3-4-20(33)30(2)22(15)19(25)6-16/h5-6,8-9,26,28H,3-4,7,10-14H2,1-2H3. The number of hydrogen-bond acceptors (Lipinski definition) is 6. The predicted molar refractivity (Wildman–Crippen MR) is 129 cm³/mol. The Hall–Kier alpha value is -2.88. The van der Waals surface area contributed by atoms with Crippen LogP contribution < -0.4 is 15.8 Å².